The van der Waals surface area contributed by atoms with Crippen LogP contribution in [0.3, 0.4) is 0 Å². The molecule has 2 heterocycles. The third kappa shape index (κ3) is 4.12. The van der Waals surface area contributed by atoms with E-state index in [-0.39, 0.29) is 0 Å². The van der Waals surface area contributed by atoms with Gasteiger partial charge in [0.05, 0.1) is 13.2 Å². The standard InChI is InChI=1S/C17H26N2O4/c20-15(18-9-6-14-4-2-1-3-5-14)16(21)19-10-7-17(8-11-19)22-12-13-23-17/h4H,1-3,5-13H2,(H,18,20). The Balaban J connectivity index is 1.39. The Morgan fingerprint density at radius 2 is 1.91 bits per heavy atom. The minimum atomic E-state index is -0.513. The maximum absolute atomic E-state index is 12.2. The van der Waals surface area contributed by atoms with Crippen LogP contribution >= 0.6 is 0 Å². The summed E-state index contributed by atoms with van der Waals surface area (Å²) in [5.41, 5.74) is 1.40. The summed E-state index contributed by atoms with van der Waals surface area (Å²) in [4.78, 5) is 25.8. The van der Waals surface area contributed by atoms with Gasteiger partial charge in [0.15, 0.2) is 5.79 Å². The third-order valence-corrected chi connectivity index (χ3v) is 4.94. The first-order valence-electron chi connectivity index (χ1n) is 8.71. The van der Waals surface area contributed by atoms with E-state index >= 15 is 0 Å². The molecule has 0 aromatic heterocycles. The predicted molar refractivity (Wildman–Crippen MR) is 84.6 cm³/mol. The molecule has 3 rings (SSSR count). The summed E-state index contributed by atoms with van der Waals surface area (Å²) in [5.74, 6) is -1.44. The fourth-order valence-electron chi connectivity index (χ4n) is 3.52. The van der Waals surface area contributed by atoms with Crippen LogP contribution < -0.4 is 5.32 Å². The van der Waals surface area contributed by atoms with E-state index in [0.717, 1.165) is 19.3 Å². The molecule has 0 saturated carbocycles. The number of nitrogens with one attached hydrogen (secondary N) is 1. The zero-order chi connectivity index (χ0) is 16.1. The maximum atomic E-state index is 12.2. The molecule has 1 N–H and O–H groups in total. The minimum Gasteiger partial charge on any atom is -0.348 e. The summed E-state index contributed by atoms with van der Waals surface area (Å²) >= 11 is 0. The number of ether oxygens (including phenoxy) is 2. The van der Waals surface area contributed by atoms with E-state index in [1.807, 2.05) is 0 Å². The summed E-state index contributed by atoms with van der Waals surface area (Å²) in [6.07, 6.45) is 9.15. The molecule has 6 heteroatoms. The Morgan fingerprint density at radius 3 is 2.57 bits per heavy atom. The quantitative estimate of drug-likeness (QED) is 0.629. The van der Waals surface area contributed by atoms with Crippen LogP contribution in [-0.2, 0) is 19.1 Å². The van der Waals surface area contributed by atoms with E-state index in [2.05, 4.69) is 11.4 Å². The van der Waals surface area contributed by atoms with E-state index in [0.29, 0.717) is 45.7 Å². The van der Waals surface area contributed by atoms with Crippen LogP contribution in [0.25, 0.3) is 0 Å². The normalized spacial score (nSPS) is 23.7. The van der Waals surface area contributed by atoms with Crippen molar-refractivity contribution in [1.82, 2.24) is 10.2 Å². The molecule has 2 amide bonds. The molecule has 2 aliphatic heterocycles. The van der Waals surface area contributed by atoms with Crippen LogP contribution in [0.2, 0.25) is 0 Å². The topological polar surface area (TPSA) is 67.9 Å². The van der Waals surface area contributed by atoms with Gasteiger partial charge >= 0.3 is 11.8 Å². The van der Waals surface area contributed by atoms with Crippen molar-refractivity contribution in [3.05, 3.63) is 11.6 Å². The van der Waals surface area contributed by atoms with Gasteiger partial charge in [-0.2, -0.15) is 0 Å². The summed E-state index contributed by atoms with van der Waals surface area (Å²) in [5, 5.41) is 2.75. The molecule has 2 saturated heterocycles. The molecule has 0 atom stereocenters. The summed E-state index contributed by atoms with van der Waals surface area (Å²) in [7, 11) is 0. The van der Waals surface area contributed by atoms with Crippen molar-refractivity contribution >= 4 is 11.8 Å². The molecular formula is C17H26N2O4. The number of nitrogens with zero attached hydrogens (tertiary/aromatic N) is 1. The van der Waals surface area contributed by atoms with Crippen LogP contribution in [0.1, 0.15) is 44.9 Å². The maximum Gasteiger partial charge on any atom is 0.311 e. The number of hydrogen-bond donors (Lipinski definition) is 1. The molecule has 0 unspecified atom stereocenters. The van der Waals surface area contributed by atoms with Crippen molar-refractivity contribution in [2.75, 3.05) is 32.8 Å². The van der Waals surface area contributed by atoms with Crippen molar-refractivity contribution in [2.45, 2.75) is 50.7 Å². The van der Waals surface area contributed by atoms with Crippen LogP contribution in [0.4, 0.5) is 0 Å². The zero-order valence-electron chi connectivity index (χ0n) is 13.6. The van der Waals surface area contributed by atoms with Crippen molar-refractivity contribution in [2.24, 2.45) is 0 Å². The van der Waals surface area contributed by atoms with E-state index in [9.17, 15) is 9.59 Å². The van der Waals surface area contributed by atoms with Crippen LogP contribution in [0.5, 0.6) is 0 Å². The monoisotopic (exact) mass is 322 g/mol. The first kappa shape index (κ1) is 16.5. The van der Waals surface area contributed by atoms with Gasteiger partial charge in [-0.05, 0) is 32.1 Å². The minimum absolute atomic E-state index is 0.435. The van der Waals surface area contributed by atoms with Gasteiger partial charge in [-0.1, -0.05) is 11.6 Å². The van der Waals surface area contributed by atoms with Gasteiger partial charge < -0.3 is 19.7 Å². The Morgan fingerprint density at radius 1 is 1.17 bits per heavy atom. The summed E-state index contributed by atoms with van der Waals surface area (Å²) in [6, 6.07) is 0. The molecule has 1 spiro atoms. The lowest BCUT2D eigenvalue weighted by Crippen LogP contribution is -2.51. The van der Waals surface area contributed by atoms with Crippen LogP contribution in [0.15, 0.2) is 11.6 Å². The van der Waals surface area contributed by atoms with E-state index in [1.54, 1.807) is 4.90 Å². The lowest BCUT2D eigenvalue weighted by molar-refractivity contribution is -0.188. The van der Waals surface area contributed by atoms with Crippen LogP contribution in [0, 0.1) is 0 Å². The highest BCUT2D eigenvalue weighted by atomic mass is 16.7. The fourth-order valence-corrected chi connectivity index (χ4v) is 3.52. The van der Waals surface area contributed by atoms with E-state index < -0.39 is 17.6 Å². The van der Waals surface area contributed by atoms with Gasteiger partial charge in [0.2, 0.25) is 0 Å². The van der Waals surface area contributed by atoms with Gasteiger partial charge in [-0.3, -0.25) is 9.59 Å². The SMILES string of the molecule is O=C(NCCC1=CCCCC1)C(=O)N1CCC2(CC1)OCCO2. The number of piperidine rings is 1. The first-order valence-corrected chi connectivity index (χ1v) is 8.71. The van der Waals surface area contributed by atoms with E-state index in [1.165, 1.54) is 18.4 Å². The van der Waals surface area contributed by atoms with Crippen molar-refractivity contribution in [1.29, 1.82) is 0 Å². The highest BCUT2D eigenvalue weighted by Gasteiger charge is 2.41. The molecule has 23 heavy (non-hydrogen) atoms. The van der Waals surface area contributed by atoms with Crippen molar-refractivity contribution in [3.63, 3.8) is 0 Å². The Kier molecular flexibility index (Phi) is 5.33. The average Bonchev–Trinajstić information content (AvgIpc) is 3.04. The number of carbonyl (C=O) groups is 2. The van der Waals surface area contributed by atoms with E-state index in [4.69, 9.17) is 9.47 Å². The van der Waals surface area contributed by atoms with Crippen LogP contribution in [-0.4, -0.2) is 55.3 Å². The number of amides is 2. The number of likely N-dealkylation sites (tertiary alicyclic amines) is 1. The number of hydrogen-bond acceptors (Lipinski definition) is 4. The molecule has 3 aliphatic rings. The largest absolute Gasteiger partial charge is 0.348 e. The Hall–Kier alpha value is -1.40. The number of carbonyl (C=O) groups excluding carboxylic acids is 2. The molecule has 2 fully saturated rings. The number of allylic oxidation sites excluding steroid dienone is 1. The highest BCUT2D eigenvalue weighted by Crippen LogP contribution is 2.31. The highest BCUT2D eigenvalue weighted by molar-refractivity contribution is 6.35. The van der Waals surface area contributed by atoms with Gasteiger partial charge in [0, 0.05) is 32.5 Å². The second kappa shape index (κ2) is 7.45. The summed E-state index contributed by atoms with van der Waals surface area (Å²) in [6.45, 7) is 2.80. The summed E-state index contributed by atoms with van der Waals surface area (Å²) < 4.78 is 11.3. The lowest BCUT2D eigenvalue weighted by Gasteiger charge is -2.37. The second-order valence-corrected chi connectivity index (χ2v) is 6.51. The Bertz CT molecular complexity index is 473. The van der Waals surface area contributed by atoms with Gasteiger partial charge in [0.25, 0.3) is 0 Å². The van der Waals surface area contributed by atoms with Gasteiger partial charge in [0.1, 0.15) is 0 Å². The third-order valence-electron chi connectivity index (χ3n) is 4.94. The number of rotatable bonds is 3. The molecule has 0 radical (unpaired) electrons. The van der Waals surface area contributed by atoms with Crippen molar-refractivity contribution < 1.29 is 19.1 Å². The molecule has 0 aromatic rings. The van der Waals surface area contributed by atoms with Gasteiger partial charge in [-0.15, -0.1) is 0 Å². The molecule has 1 aliphatic carbocycles. The lowest BCUT2D eigenvalue weighted by atomic mass is 9.97. The molecule has 0 bridgehead atoms. The molecule has 128 valence electrons. The molecular weight excluding hydrogens is 296 g/mol. The molecule has 0 aromatic carbocycles. The van der Waals surface area contributed by atoms with Gasteiger partial charge in [-0.25, -0.2) is 0 Å². The second-order valence-electron chi connectivity index (χ2n) is 6.51. The predicted octanol–water partition coefficient (Wildman–Crippen LogP) is 1.36. The first-order chi connectivity index (χ1) is 11.2. The average molecular weight is 322 g/mol. The smallest absolute Gasteiger partial charge is 0.311 e. The fraction of sp³-hybridized carbons (Fsp3) is 0.765. The zero-order valence-corrected chi connectivity index (χ0v) is 13.6. The Labute approximate surface area is 137 Å². The molecule has 6 nitrogen and oxygen atoms in total. The van der Waals surface area contributed by atoms with Crippen molar-refractivity contribution in [3.8, 4) is 0 Å².